The summed E-state index contributed by atoms with van der Waals surface area (Å²) in [6.07, 6.45) is 0. The summed E-state index contributed by atoms with van der Waals surface area (Å²) in [4.78, 5) is 0. The number of aromatic hydroxyl groups is 3. The van der Waals surface area contributed by atoms with E-state index in [4.69, 9.17) is 5.73 Å². The van der Waals surface area contributed by atoms with Gasteiger partial charge in [-0.2, -0.15) is 0 Å². The number of rotatable bonds is 3. The second-order valence-electron chi connectivity index (χ2n) is 5.83. The van der Waals surface area contributed by atoms with Crippen molar-refractivity contribution < 1.29 is 15.3 Å². The van der Waals surface area contributed by atoms with Gasteiger partial charge >= 0.3 is 6.01 Å². The average molecular weight is 326 g/mol. The number of phenols is 2. The maximum Gasteiger partial charge on any atom is 0.319 e. The van der Waals surface area contributed by atoms with E-state index in [2.05, 4.69) is 10.2 Å². The molecule has 0 aliphatic carbocycles. The van der Waals surface area contributed by atoms with Gasteiger partial charge in [-0.1, -0.05) is 18.9 Å². The molecular weight excluding hydrogens is 308 g/mol. The number of nitrogens with zero attached hydrogens (tertiary/aromatic N) is 3. The van der Waals surface area contributed by atoms with Gasteiger partial charge in [0.15, 0.2) is 5.82 Å². The van der Waals surface area contributed by atoms with Gasteiger partial charge in [-0.05, 0) is 41.8 Å². The first-order valence-corrected chi connectivity index (χ1v) is 7.45. The molecule has 0 saturated carbocycles. The smallest absolute Gasteiger partial charge is 0.319 e. The van der Waals surface area contributed by atoms with Crippen LogP contribution in [0.1, 0.15) is 25.3 Å². The minimum Gasteiger partial charge on any atom is -0.508 e. The Morgan fingerprint density at radius 2 is 1.62 bits per heavy atom. The van der Waals surface area contributed by atoms with E-state index in [1.807, 2.05) is 13.8 Å². The highest BCUT2D eigenvalue weighted by atomic mass is 16.3. The summed E-state index contributed by atoms with van der Waals surface area (Å²) in [6, 6.07) is 9.40. The standard InChI is InChI=1S/C17H18N4O3/c1-9(2)12-7-13(15(23)8-14(12)22)16-19-20-17(24)21(16)11-5-3-10(18)4-6-11/h3-9,22-23H,18H2,1-2H3,(H,20,24). The van der Waals surface area contributed by atoms with Crippen molar-refractivity contribution in [2.45, 2.75) is 19.8 Å². The summed E-state index contributed by atoms with van der Waals surface area (Å²) < 4.78 is 1.40. The van der Waals surface area contributed by atoms with Crippen LogP contribution in [0, 0.1) is 0 Å². The van der Waals surface area contributed by atoms with Crippen LogP contribution >= 0.6 is 0 Å². The fourth-order valence-corrected chi connectivity index (χ4v) is 2.55. The predicted molar refractivity (Wildman–Crippen MR) is 90.3 cm³/mol. The summed E-state index contributed by atoms with van der Waals surface area (Å²) >= 11 is 0. The number of anilines is 1. The number of aromatic nitrogens is 3. The van der Waals surface area contributed by atoms with E-state index in [1.54, 1.807) is 30.3 Å². The average Bonchev–Trinajstić information content (AvgIpc) is 2.89. The van der Waals surface area contributed by atoms with Crippen molar-refractivity contribution in [3.63, 3.8) is 0 Å². The molecule has 0 saturated heterocycles. The van der Waals surface area contributed by atoms with Gasteiger partial charge in [0, 0.05) is 11.8 Å². The number of hydrogen-bond acceptors (Lipinski definition) is 6. The Labute approximate surface area is 138 Å². The molecule has 1 heterocycles. The fourth-order valence-electron chi connectivity index (χ4n) is 2.55. The van der Waals surface area contributed by atoms with Crippen LogP contribution in [0.3, 0.4) is 0 Å². The Morgan fingerprint density at radius 3 is 2.25 bits per heavy atom. The van der Waals surface area contributed by atoms with Crippen LogP contribution in [0.4, 0.5) is 5.69 Å². The van der Waals surface area contributed by atoms with Crippen molar-refractivity contribution in [3.8, 4) is 34.6 Å². The van der Waals surface area contributed by atoms with E-state index in [-0.39, 0.29) is 29.3 Å². The lowest BCUT2D eigenvalue weighted by molar-refractivity contribution is 0.420. The predicted octanol–water partition coefficient (Wildman–Crippen LogP) is 2.76. The zero-order valence-electron chi connectivity index (χ0n) is 13.3. The van der Waals surface area contributed by atoms with Crippen LogP contribution in [0.2, 0.25) is 0 Å². The Bertz CT molecular complexity index is 886. The maximum absolute atomic E-state index is 10.2. The Kier molecular flexibility index (Phi) is 3.76. The molecule has 1 aromatic heterocycles. The molecule has 3 aromatic rings. The monoisotopic (exact) mass is 326 g/mol. The summed E-state index contributed by atoms with van der Waals surface area (Å²) in [5.74, 6) is 0.164. The molecule has 0 radical (unpaired) electrons. The van der Waals surface area contributed by atoms with Crippen LogP contribution in [-0.2, 0) is 0 Å². The molecular formula is C17H18N4O3. The quantitative estimate of drug-likeness (QED) is 0.550. The van der Waals surface area contributed by atoms with Gasteiger partial charge in [0.05, 0.1) is 11.3 Å². The highest BCUT2D eigenvalue weighted by Crippen LogP contribution is 2.38. The van der Waals surface area contributed by atoms with Gasteiger partial charge in [0.1, 0.15) is 11.5 Å². The van der Waals surface area contributed by atoms with Crippen LogP contribution < -0.4 is 5.73 Å². The molecule has 5 N–H and O–H groups in total. The van der Waals surface area contributed by atoms with Crippen molar-refractivity contribution in [2.75, 3.05) is 5.73 Å². The van der Waals surface area contributed by atoms with Crippen LogP contribution in [0.15, 0.2) is 36.4 Å². The normalized spacial score (nSPS) is 11.1. The van der Waals surface area contributed by atoms with Crippen LogP contribution in [0.25, 0.3) is 17.1 Å². The molecule has 7 heteroatoms. The third-order valence-corrected chi connectivity index (χ3v) is 3.81. The van der Waals surface area contributed by atoms with Crippen molar-refractivity contribution in [1.29, 1.82) is 0 Å². The molecule has 0 unspecified atom stereocenters. The first-order valence-electron chi connectivity index (χ1n) is 7.45. The molecule has 0 spiro atoms. The zero-order valence-corrected chi connectivity index (χ0v) is 13.3. The minimum atomic E-state index is -0.312. The lowest BCUT2D eigenvalue weighted by Gasteiger charge is -2.13. The number of hydrogen-bond donors (Lipinski definition) is 4. The summed E-state index contributed by atoms with van der Waals surface area (Å²) in [7, 11) is 0. The molecule has 0 aliphatic heterocycles. The Balaban J connectivity index is 2.22. The first-order chi connectivity index (χ1) is 11.4. The van der Waals surface area contributed by atoms with E-state index in [9.17, 15) is 15.3 Å². The highest BCUT2D eigenvalue weighted by molar-refractivity contribution is 5.69. The Hall–Kier alpha value is -3.22. The van der Waals surface area contributed by atoms with E-state index in [0.717, 1.165) is 0 Å². The molecule has 0 amide bonds. The highest BCUT2D eigenvalue weighted by Gasteiger charge is 2.20. The molecule has 7 nitrogen and oxygen atoms in total. The third kappa shape index (κ3) is 2.60. The Morgan fingerprint density at radius 1 is 0.958 bits per heavy atom. The lowest BCUT2D eigenvalue weighted by atomic mass is 9.98. The van der Waals surface area contributed by atoms with Gasteiger partial charge in [-0.25, -0.2) is 4.57 Å². The number of phenolic OH excluding ortho intramolecular Hbond substituents is 2. The molecule has 0 bridgehead atoms. The van der Waals surface area contributed by atoms with Gasteiger partial charge in [-0.15, -0.1) is 5.10 Å². The van der Waals surface area contributed by atoms with Crippen molar-refractivity contribution in [1.82, 2.24) is 14.8 Å². The minimum absolute atomic E-state index is 0.00835. The van der Waals surface area contributed by atoms with Gasteiger partial charge < -0.3 is 21.1 Å². The number of nitrogen functional groups attached to an aromatic ring is 1. The number of benzene rings is 2. The van der Waals surface area contributed by atoms with Crippen molar-refractivity contribution >= 4 is 5.69 Å². The number of nitrogens with two attached hydrogens (primary N) is 1. The van der Waals surface area contributed by atoms with Crippen molar-refractivity contribution in [2.24, 2.45) is 0 Å². The summed E-state index contributed by atoms with van der Waals surface area (Å²) in [6.45, 7) is 3.86. The largest absolute Gasteiger partial charge is 0.508 e. The lowest BCUT2D eigenvalue weighted by Crippen LogP contribution is -1.99. The van der Waals surface area contributed by atoms with Crippen molar-refractivity contribution in [3.05, 3.63) is 42.0 Å². The third-order valence-electron chi connectivity index (χ3n) is 3.81. The van der Waals surface area contributed by atoms with Crippen LogP contribution in [0.5, 0.6) is 17.5 Å². The second-order valence-corrected chi connectivity index (χ2v) is 5.83. The molecule has 3 rings (SSSR count). The van der Waals surface area contributed by atoms with E-state index in [1.165, 1.54) is 10.6 Å². The second kappa shape index (κ2) is 5.77. The topological polar surface area (TPSA) is 117 Å². The van der Waals surface area contributed by atoms with E-state index < -0.39 is 0 Å². The molecule has 0 atom stereocenters. The molecule has 124 valence electrons. The first kappa shape index (κ1) is 15.7. The van der Waals surface area contributed by atoms with Gasteiger partial charge in [0.2, 0.25) is 0 Å². The van der Waals surface area contributed by atoms with Gasteiger partial charge in [-0.3, -0.25) is 0 Å². The molecule has 2 aromatic carbocycles. The van der Waals surface area contributed by atoms with Gasteiger partial charge in [0.25, 0.3) is 0 Å². The molecule has 24 heavy (non-hydrogen) atoms. The van der Waals surface area contributed by atoms with Crippen LogP contribution in [-0.4, -0.2) is 30.1 Å². The maximum atomic E-state index is 10.2. The zero-order chi connectivity index (χ0) is 17.4. The fraction of sp³-hybridized carbons (Fsp3) is 0.176. The summed E-state index contributed by atoms with van der Waals surface area (Å²) in [5.41, 5.74) is 7.90. The van der Waals surface area contributed by atoms with E-state index in [0.29, 0.717) is 22.5 Å². The molecule has 0 aliphatic rings. The van der Waals surface area contributed by atoms with E-state index >= 15 is 0 Å². The SMILES string of the molecule is CC(C)c1cc(-c2nnc(O)n2-c2ccc(N)cc2)c(O)cc1O. The molecule has 0 fully saturated rings. The summed E-state index contributed by atoms with van der Waals surface area (Å²) in [5, 5.41) is 37.9.